The zero-order chi connectivity index (χ0) is 13.0. The number of hydrogen-bond acceptors (Lipinski definition) is 6. The van der Waals surface area contributed by atoms with E-state index in [4.69, 9.17) is 9.05 Å². The fourth-order valence-corrected chi connectivity index (χ4v) is 1.38. The molecule has 1 amide bonds. The molecule has 0 bridgehead atoms. The lowest BCUT2D eigenvalue weighted by molar-refractivity contribution is -0.116. The maximum Gasteiger partial charge on any atom is 0.227 e. The van der Waals surface area contributed by atoms with Gasteiger partial charge in [-0.15, -0.1) is 0 Å². The average molecular weight is 250 g/mol. The van der Waals surface area contributed by atoms with Crippen molar-refractivity contribution >= 4 is 17.5 Å². The molecule has 0 aliphatic rings. The number of carbonyl (C=O) groups excluding carboxylic acids is 1. The molecule has 2 heterocycles. The Morgan fingerprint density at radius 2 is 1.78 bits per heavy atom. The van der Waals surface area contributed by atoms with E-state index in [0.29, 0.717) is 30.4 Å². The SMILES string of the molecule is Cc1cc(NCCC(=O)Nc2cc(C)on2)no1. The third-order valence-corrected chi connectivity index (χ3v) is 2.18. The smallest absolute Gasteiger partial charge is 0.227 e. The van der Waals surface area contributed by atoms with Crippen LogP contribution in [0.5, 0.6) is 0 Å². The Balaban J connectivity index is 1.72. The summed E-state index contributed by atoms with van der Waals surface area (Å²) in [7, 11) is 0. The molecule has 7 heteroatoms. The maximum absolute atomic E-state index is 11.5. The third-order valence-electron chi connectivity index (χ3n) is 2.18. The molecule has 2 aromatic heterocycles. The summed E-state index contributed by atoms with van der Waals surface area (Å²) in [6, 6.07) is 3.42. The zero-order valence-electron chi connectivity index (χ0n) is 10.2. The number of nitrogens with one attached hydrogen (secondary N) is 2. The highest BCUT2D eigenvalue weighted by molar-refractivity contribution is 5.89. The van der Waals surface area contributed by atoms with Crippen LogP contribution in [0.3, 0.4) is 0 Å². The minimum atomic E-state index is -0.143. The van der Waals surface area contributed by atoms with E-state index in [2.05, 4.69) is 20.9 Å². The number of rotatable bonds is 5. The Morgan fingerprint density at radius 3 is 2.33 bits per heavy atom. The summed E-state index contributed by atoms with van der Waals surface area (Å²) in [6.45, 7) is 4.03. The molecule has 7 nitrogen and oxygen atoms in total. The monoisotopic (exact) mass is 250 g/mol. The maximum atomic E-state index is 11.5. The zero-order valence-corrected chi connectivity index (χ0v) is 10.2. The molecule has 0 fully saturated rings. The quantitative estimate of drug-likeness (QED) is 0.839. The summed E-state index contributed by atoms with van der Waals surface area (Å²) >= 11 is 0. The van der Waals surface area contributed by atoms with Crippen LogP contribution < -0.4 is 10.6 Å². The lowest BCUT2D eigenvalue weighted by atomic mass is 10.4. The van der Waals surface area contributed by atoms with Crippen molar-refractivity contribution in [1.29, 1.82) is 0 Å². The van der Waals surface area contributed by atoms with Crippen LogP contribution >= 0.6 is 0 Å². The van der Waals surface area contributed by atoms with Crippen molar-refractivity contribution in [2.45, 2.75) is 20.3 Å². The fourth-order valence-electron chi connectivity index (χ4n) is 1.38. The molecule has 0 aliphatic heterocycles. The van der Waals surface area contributed by atoms with Gasteiger partial charge in [0.05, 0.1) is 0 Å². The molecule has 0 radical (unpaired) electrons. The van der Waals surface area contributed by atoms with Crippen molar-refractivity contribution in [3.63, 3.8) is 0 Å². The summed E-state index contributed by atoms with van der Waals surface area (Å²) in [6.07, 6.45) is 0.303. The van der Waals surface area contributed by atoms with Gasteiger partial charge in [0.2, 0.25) is 5.91 Å². The van der Waals surface area contributed by atoms with E-state index >= 15 is 0 Å². The van der Waals surface area contributed by atoms with E-state index in [1.54, 1.807) is 26.0 Å². The molecule has 0 unspecified atom stereocenters. The predicted molar refractivity (Wildman–Crippen MR) is 64.2 cm³/mol. The van der Waals surface area contributed by atoms with Gasteiger partial charge in [-0.2, -0.15) is 0 Å². The Labute approximate surface area is 104 Å². The molecule has 96 valence electrons. The van der Waals surface area contributed by atoms with Gasteiger partial charge >= 0.3 is 0 Å². The minimum absolute atomic E-state index is 0.143. The molecule has 0 saturated carbocycles. The van der Waals surface area contributed by atoms with Gasteiger partial charge in [0.25, 0.3) is 0 Å². The summed E-state index contributed by atoms with van der Waals surface area (Å²) < 4.78 is 9.72. The van der Waals surface area contributed by atoms with Crippen LogP contribution in [0.15, 0.2) is 21.2 Å². The second-order valence-corrected chi connectivity index (χ2v) is 3.87. The standard InChI is InChI=1S/C11H14N4O3/c1-7-5-9(14-17-7)12-4-3-11(16)13-10-6-8(2)18-15-10/h5-6H,3-4H2,1-2H3,(H,12,14)(H,13,15,16). The van der Waals surface area contributed by atoms with Crippen LogP contribution in [0.4, 0.5) is 11.6 Å². The molecule has 0 spiro atoms. The van der Waals surface area contributed by atoms with Crippen molar-refractivity contribution in [2.75, 3.05) is 17.2 Å². The summed E-state index contributed by atoms with van der Waals surface area (Å²) in [5.74, 6) is 2.28. The first kappa shape index (κ1) is 12.2. The van der Waals surface area contributed by atoms with Gasteiger partial charge < -0.3 is 19.7 Å². The first-order valence-electron chi connectivity index (χ1n) is 5.54. The van der Waals surface area contributed by atoms with Crippen molar-refractivity contribution in [3.8, 4) is 0 Å². The van der Waals surface area contributed by atoms with Crippen LogP contribution in [0.2, 0.25) is 0 Å². The van der Waals surface area contributed by atoms with E-state index in [0.717, 1.165) is 5.76 Å². The Bertz CT molecular complexity index is 532. The van der Waals surface area contributed by atoms with Crippen molar-refractivity contribution in [3.05, 3.63) is 23.7 Å². The first-order chi connectivity index (χ1) is 8.63. The van der Waals surface area contributed by atoms with Gasteiger partial charge in [-0.3, -0.25) is 4.79 Å². The Hall–Kier alpha value is -2.31. The average Bonchev–Trinajstić information content (AvgIpc) is 2.88. The van der Waals surface area contributed by atoms with E-state index in [9.17, 15) is 4.79 Å². The van der Waals surface area contributed by atoms with Crippen LogP contribution in [0, 0.1) is 13.8 Å². The van der Waals surface area contributed by atoms with Crippen molar-refractivity contribution < 1.29 is 13.8 Å². The molecule has 0 saturated heterocycles. The molecule has 2 N–H and O–H groups in total. The van der Waals surface area contributed by atoms with E-state index in [1.807, 2.05) is 0 Å². The normalized spacial score (nSPS) is 10.3. The number of amides is 1. The fraction of sp³-hybridized carbons (Fsp3) is 0.364. The van der Waals surface area contributed by atoms with Gasteiger partial charge in [-0.25, -0.2) is 0 Å². The highest BCUT2D eigenvalue weighted by Crippen LogP contribution is 2.08. The highest BCUT2D eigenvalue weighted by Gasteiger charge is 2.06. The second-order valence-electron chi connectivity index (χ2n) is 3.87. The van der Waals surface area contributed by atoms with Crippen molar-refractivity contribution in [2.24, 2.45) is 0 Å². The summed E-state index contributed by atoms with van der Waals surface area (Å²) in [4.78, 5) is 11.5. The van der Waals surface area contributed by atoms with Gasteiger partial charge in [0.15, 0.2) is 11.6 Å². The molecular formula is C11H14N4O3. The van der Waals surface area contributed by atoms with Gasteiger partial charge in [0, 0.05) is 25.1 Å². The van der Waals surface area contributed by atoms with Crippen LogP contribution in [0.1, 0.15) is 17.9 Å². The third kappa shape index (κ3) is 3.34. The lowest BCUT2D eigenvalue weighted by Gasteiger charge is -2.02. The molecule has 0 aliphatic carbocycles. The molecule has 2 aromatic rings. The van der Waals surface area contributed by atoms with Crippen LogP contribution in [-0.2, 0) is 4.79 Å². The lowest BCUT2D eigenvalue weighted by Crippen LogP contribution is -2.16. The molecule has 2 rings (SSSR count). The minimum Gasteiger partial charge on any atom is -0.367 e. The summed E-state index contributed by atoms with van der Waals surface area (Å²) in [5.41, 5.74) is 0. The number of anilines is 2. The number of hydrogen-bond donors (Lipinski definition) is 2. The molecule has 0 atom stereocenters. The van der Waals surface area contributed by atoms with Gasteiger partial charge in [-0.1, -0.05) is 10.3 Å². The largest absolute Gasteiger partial charge is 0.367 e. The first-order valence-corrected chi connectivity index (χ1v) is 5.54. The van der Waals surface area contributed by atoms with E-state index in [1.165, 1.54) is 0 Å². The van der Waals surface area contributed by atoms with E-state index in [-0.39, 0.29) is 5.91 Å². The number of nitrogens with zero attached hydrogens (tertiary/aromatic N) is 2. The molecule has 0 aromatic carbocycles. The Morgan fingerprint density at radius 1 is 1.17 bits per heavy atom. The Kier molecular flexibility index (Phi) is 3.61. The summed E-state index contributed by atoms with van der Waals surface area (Å²) in [5, 5.41) is 13.0. The van der Waals surface area contributed by atoms with Crippen molar-refractivity contribution in [1.82, 2.24) is 10.3 Å². The molecule has 18 heavy (non-hydrogen) atoms. The van der Waals surface area contributed by atoms with Gasteiger partial charge in [0.1, 0.15) is 11.5 Å². The van der Waals surface area contributed by atoms with Crippen LogP contribution in [-0.4, -0.2) is 22.8 Å². The molecular weight excluding hydrogens is 236 g/mol. The van der Waals surface area contributed by atoms with E-state index < -0.39 is 0 Å². The van der Waals surface area contributed by atoms with Crippen LogP contribution in [0.25, 0.3) is 0 Å². The predicted octanol–water partition coefficient (Wildman–Crippen LogP) is 1.72. The van der Waals surface area contributed by atoms with Gasteiger partial charge in [-0.05, 0) is 13.8 Å². The number of carbonyl (C=O) groups is 1. The second kappa shape index (κ2) is 5.35. The number of aryl methyl sites for hydroxylation is 2. The number of aromatic nitrogens is 2. The topological polar surface area (TPSA) is 93.2 Å². The highest BCUT2D eigenvalue weighted by atomic mass is 16.5.